The first-order valence-corrected chi connectivity index (χ1v) is 8.88. The van der Waals surface area contributed by atoms with E-state index in [1.165, 1.54) is 0 Å². The van der Waals surface area contributed by atoms with E-state index in [1.54, 1.807) is 13.2 Å². The highest BCUT2D eigenvalue weighted by atomic mass is 16.5. The molecule has 0 fully saturated rings. The lowest BCUT2D eigenvalue weighted by Crippen LogP contribution is -2.26. The summed E-state index contributed by atoms with van der Waals surface area (Å²) in [4.78, 5) is 17.0. The van der Waals surface area contributed by atoms with Gasteiger partial charge in [0.05, 0.1) is 18.5 Å². The molecule has 2 heterocycles. The van der Waals surface area contributed by atoms with Crippen LogP contribution in [0.25, 0.3) is 11.3 Å². The zero-order valence-electron chi connectivity index (χ0n) is 16.1. The first kappa shape index (κ1) is 18.6. The molecule has 1 N–H and O–H groups in total. The fourth-order valence-corrected chi connectivity index (χ4v) is 3.05. The van der Waals surface area contributed by atoms with Gasteiger partial charge in [0.1, 0.15) is 11.4 Å². The first-order chi connectivity index (χ1) is 13.0. The molecule has 0 saturated carbocycles. The van der Waals surface area contributed by atoms with Crippen molar-refractivity contribution in [1.29, 1.82) is 0 Å². The van der Waals surface area contributed by atoms with Crippen molar-refractivity contribution >= 4 is 5.91 Å². The molecule has 0 aliphatic rings. The number of amides is 1. The monoisotopic (exact) mass is 364 g/mol. The van der Waals surface area contributed by atoms with Crippen molar-refractivity contribution in [3.05, 3.63) is 65.1 Å². The zero-order chi connectivity index (χ0) is 19.4. The molecule has 0 saturated heterocycles. The van der Waals surface area contributed by atoms with Gasteiger partial charge in [0.25, 0.3) is 5.91 Å². The number of carbonyl (C=O) groups is 1. The molecule has 0 spiro atoms. The Kier molecular flexibility index (Phi) is 5.54. The van der Waals surface area contributed by atoms with E-state index < -0.39 is 0 Å². The summed E-state index contributed by atoms with van der Waals surface area (Å²) < 4.78 is 6.98. The van der Waals surface area contributed by atoms with E-state index in [-0.39, 0.29) is 5.91 Å². The molecule has 6 nitrogen and oxygen atoms in total. The highest BCUT2D eigenvalue weighted by Crippen LogP contribution is 2.24. The highest BCUT2D eigenvalue weighted by Gasteiger charge is 2.15. The Morgan fingerprint density at radius 1 is 1.15 bits per heavy atom. The van der Waals surface area contributed by atoms with Gasteiger partial charge in [-0.25, -0.2) is 4.98 Å². The molecule has 1 aromatic carbocycles. The van der Waals surface area contributed by atoms with E-state index in [0.717, 1.165) is 40.4 Å². The van der Waals surface area contributed by atoms with Crippen LogP contribution in [0.2, 0.25) is 0 Å². The van der Waals surface area contributed by atoms with Crippen LogP contribution in [0.1, 0.15) is 27.4 Å². The number of hydrogen-bond acceptors (Lipinski definition) is 4. The van der Waals surface area contributed by atoms with Crippen molar-refractivity contribution in [3.8, 4) is 17.0 Å². The van der Waals surface area contributed by atoms with Crippen LogP contribution in [-0.2, 0) is 13.5 Å². The largest absolute Gasteiger partial charge is 0.497 e. The Bertz CT molecular complexity index is 945. The maximum atomic E-state index is 12.5. The predicted octanol–water partition coefficient (Wildman–Crippen LogP) is 3.08. The van der Waals surface area contributed by atoms with Crippen LogP contribution in [0.4, 0.5) is 0 Å². The SMILES string of the molecule is COc1ccc(CCNC(=O)c2cccc(-c3c(C)nn(C)c3C)n2)cc1. The van der Waals surface area contributed by atoms with E-state index >= 15 is 0 Å². The number of benzene rings is 1. The molecule has 1 amide bonds. The smallest absolute Gasteiger partial charge is 0.269 e. The quantitative estimate of drug-likeness (QED) is 0.730. The number of nitrogens with one attached hydrogen (secondary N) is 1. The number of aryl methyl sites for hydroxylation is 2. The summed E-state index contributed by atoms with van der Waals surface area (Å²) >= 11 is 0. The Hall–Kier alpha value is -3.15. The van der Waals surface area contributed by atoms with E-state index in [0.29, 0.717) is 12.2 Å². The number of aromatic nitrogens is 3. The number of carbonyl (C=O) groups excluding carboxylic acids is 1. The summed E-state index contributed by atoms with van der Waals surface area (Å²) in [5.41, 5.74) is 5.22. The summed E-state index contributed by atoms with van der Waals surface area (Å²) in [6.45, 7) is 4.49. The van der Waals surface area contributed by atoms with E-state index in [4.69, 9.17) is 4.74 Å². The number of nitrogens with zero attached hydrogens (tertiary/aromatic N) is 3. The van der Waals surface area contributed by atoms with Crippen molar-refractivity contribution in [2.75, 3.05) is 13.7 Å². The topological polar surface area (TPSA) is 69.0 Å². The van der Waals surface area contributed by atoms with Gasteiger partial charge in [-0.1, -0.05) is 18.2 Å². The minimum Gasteiger partial charge on any atom is -0.497 e. The van der Waals surface area contributed by atoms with Gasteiger partial charge in [0.15, 0.2) is 0 Å². The average Bonchev–Trinajstić information content (AvgIpc) is 2.94. The Morgan fingerprint density at radius 3 is 2.52 bits per heavy atom. The van der Waals surface area contributed by atoms with Gasteiger partial charge in [0.2, 0.25) is 0 Å². The molecule has 0 aliphatic heterocycles. The van der Waals surface area contributed by atoms with Gasteiger partial charge >= 0.3 is 0 Å². The second-order valence-electron chi connectivity index (χ2n) is 6.43. The molecule has 0 aliphatic carbocycles. The second kappa shape index (κ2) is 8.03. The second-order valence-corrected chi connectivity index (χ2v) is 6.43. The summed E-state index contributed by atoms with van der Waals surface area (Å²) in [6, 6.07) is 13.3. The van der Waals surface area contributed by atoms with E-state index in [2.05, 4.69) is 15.4 Å². The number of ether oxygens (including phenoxy) is 1. The lowest BCUT2D eigenvalue weighted by molar-refractivity contribution is 0.0949. The fraction of sp³-hybridized carbons (Fsp3) is 0.286. The van der Waals surface area contributed by atoms with Crippen LogP contribution >= 0.6 is 0 Å². The maximum Gasteiger partial charge on any atom is 0.269 e. The van der Waals surface area contributed by atoms with E-state index in [1.807, 2.05) is 62.0 Å². The average molecular weight is 364 g/mol. The minimum absolute atomic E-state index is 0.176. The third-order valence-electron chi connectivity index (χ3n) is 4.61. The van der Waals surface area contributed by atoms with Crippen molar-refractivity contribution in [1.82, 2.24) is 20.1 Å². The van der Waals surface area contributed by atoms with Crippen molar-refractivity contribution in [3.63, 3.8) is 0 Å². The van der Waals surface area contributed by atoms with Crippen LogP contribution < -0.4 is 10.1 Å². The molecule has 0 radical (unpaired) electrons. The Morgan fingerprint density at radius 2 is 1.89 bits per heavy atom. The molecule has 3 aromatic rings. The maximum absolute atomic E-state index is 12.5. The number of rotatable bonds is 6. The van der Waals surface area contributed by atoms with Gasteiger partial charge in [-0.2, -0.15) is 5.10 Å². The Balaban J connectivity index is 1.66. The third-order valence-corrected chi connectivity index (χ3v) is 4.61. The number of pyridine rings is 1. The van der Waals surface area contributed by atoms with Crippen molar-refractivity contribution in [2.45, 2.75) is 20.3 Å². The molecular formula is C21H24N4O2. The summed E-state index contributed by atoms with van der Waals surface area (Å²) in [6.07, 6.45) is 0.746. The predicted molar refractivity (Wildman–Crippen MR) is 105 cm³/mol. The molecule has 0 atom stereocenters. The molecule has 6 heteroatoms. The molecule has 2 aromatic heterocycles. The van der Waals surface area contributed by atoms with Gasteiger partial charge in [-0.15, -0.1) is 0 Å². The van der Waals surface area contributed by atoms with Crippen LogP contribution in [-0.4, -0.2) is 34.3 Å². The fourth-order valence-electron chi connectivity index (χ4n) is 3.05. The van der Waals surface area contributed by atoms with Gasteiger partial charge in [-0.05, 0) is 50.1 Å². The van der Waals surface area contributed by atoms with Crippen LogP contribution in [0.5, 0.6) is 5.75 Å². The third kappa shape index (κ3) is 4.16. The zero-order valence-corrected chi connectivity index (χ0v) is 16.1. The summed E-state index contributed by atoms with van der Waals surface area (Å²) in [5.74, 6) is 0.648. The number of methoxy groups -OCH3 is 1. The molecule has 140 valence electrons. The lowest BCUT2D eigenvalue weighted by Gasteiger charge is -2.08. The molecule has 27 heavy (non-hydrogen) atoms. The van der Waals surface area contributed by atoms with Crippen LogP contribution in [0.15, 0.2) is 42.5 Å². The summed E-state index contributed by atoms with van der Waals surface area (Å²) in [7, 11) is 3.55. The van der Waals surface area contributed by atoms with Crippen molar-refractivity contribution in [2.24, 2.45) is 7.05 Å². The normalized spacial score (nSPS) is 10.7. The molecule has 0 unspecified atom stereocenters. The highest BCUT2D eigenvalue weighted by molar-refractivity contribution is 5.92. The Labute approximate surface area is 159 Å². The van der Waals surface area contributed by atoms with Crippen LogP contribution in [0, 0.1) is 13.8 Å². The molecule has 3 rings (SSSR count). The van der Waals surface area contributed by atoms with Crippen molar-refractivity contribution < 1.29 is 9.53 Å². The first-order valence-electron chi connectivity index (χ1n) is 8.88. The molecular weight excluding hydrogens is 340 g/mol. The lowest BCUT2D eigenvalue weighted by atomic mass is 10.1. The molecule has 0 bridgehead atoms. The van der Waals surface area contributed by atoms with E-state index in [9.17, 15) is 4.79 Å². The summed E-state index contributed by atoms with van der Waals surface area (Å²) in [5, 5.41) is 7.36. The minimum atomic E-state index is -0.176. The van der Waals surface area contributed by atoms with Crippen LogP contribution in [0.3, 0.4) is 0 Å². The van der Waals surface area contributed by atoms with Gasteiger partial charge < -0.3 is 10.1 Å². The standard InChI is InChI=1S/C21H24N4O2/c1-14-20(15(2)25(3)24-14)18-6-5-7-19(23-18)21(26)22-13-12-16-8-10-17(27-4)11-9-16/h5-11H,12-13H2,1-4H3,(H,22,26). The van der Waals surface area contributed by atoms with Gasteiger partial charge in [0, 0.05) is 24.8 Å². The van der Waals surface area contributed by atoms with Gasteiger partial charge in [-0.3, -0.25) is 9.48 Å². The number of hydrogen-bond donors (Lipinski definition) is 1.